The number of aromatic nitrogens is 2. The van der Waals surface area contributed by atoms with Crippen molar-refractivity contribution in [3.05, 3.63) is 70.2 Å². The first kappa shape index (κ1) is 18.6. The summed E-state index contributed by atoms with van der Waals surface area (Å²) in [5.74, 6) is -0.0203. The summed E-state index contributed by atoms with van der Waals surface area (Å²) in [5, 5.41) is 11.7. The number of ketones is 1. The molecule has 1 amide bonds. The van der Waals surface area contributed by atoms with E-state index in [-0.39, 0.29) is 17.4 Å². The molecule has 0 saturated carbocycles. The van der Waals surface area contributed by atoms with Gasteiger partial charge in [-0.15, -0.1) is 10.2 Å². The van der Waals surface area contributed by atoms with E-state index >= 15 is 0 Å². The predicted octanol–water partition coefficient (Wildman–Crippen LogP) is 4.73. The zero-order valence-corrected chi connectivity index (χ0v) is 16.1. The molecule has 0 unspecified atom stereocenters. The van der Waals surface area contributed by atoms with Crippen LogP contribution in [0.2, 0.25) is 5.02 Å². The van der Waals surface area contributed by atoms with Gasteiger partial charge in [0, 0.05) is 16.1 Å². The molecule has 0 fully saturated rings. The predicted molar refractivity (Wildman–Crippen MR) is 106 cm³/mol. The van der Waals surface area contributed by atoms with Crippen molar-refractivity contribution in [3.63, 3.8) is 0 Å². The van der Waals surface area contributed by atoms with Crippen LogP contribution in [0.15, 0.2) is 52.9 Å². The van der Waals surface area contributed by atoms with Crippen molar-refractivity contribution >= 4 is 51.5 Å². The van der Waals surface area contributed by atoms with E-state index in [1.165, 1.54) is 23.1 Å². The quantitative estimate of drug-likeness (QED) is 0.366. The fourth-order valence-electron chi connectivity index (χ4n) is 2.12. The van der Waals surface area contributed by atoms with Gasteiger partial charge in [-0.25, -0.2) is 0 Å². The Bertz CT molecular complexity index is 942. The Morgan fingerprint density at radius 1 is 1.12 bits per heavy atom. The zero-order valence-electron chi connectivity index (χ0n) is 13.7. The Labute approximate surface area is 163 Å². The molecule has 0 saturated heterocycles. The van der Waals surface area contributed by atoms with E-state index < -0.39 is 0 Å². The summed E-state index contributed by atoms with van der Waals surface area (Å²) in [6, 6.07) is 14.0. The van der Waals surface area contributed by atoms with Gasteiger partial charge in [-0.3, -0.25) is 14.9 Å². The fourth-order valence-corrected chi connectivity index (χ4v) is 3.89. The van der Waals surface area contributed by atoms with Gasteiger partial charge in [0.15, 0.2) is 10.1 Å². The van der Waals surface area contributed by atoms with Crippen LogP contribution in [0.4, 0.5) is 5.13 Å². The van der Waals surface area contributed by atoms with Gasteiger partial charge in [0.1, 0.15) is 0 Å². The highest BCUT2D eigenvalue weighted by Gasteiger charge is 2.13. The summed E-state index contributed by atoms with van der Waals surface area (Å²) in [4.78, 5) is 24.4. The third-order valence-corrected chi connectivity index (χ3v) is 5.62. The van der Waals surface area contributed by atoms with Crippen LogP contribution in [0, 0.1) is 6.92 Å². The maximum absolute atomic E-state index is 12.2. The molecule has 0 aliphatic heterocycles. The van der Waals surface area contributed by atoms with Gasteiger partial charge < -0.3 is 0 Å². The van der Waals surface area contributed by atoms with Crippen molar-refractivity contribution in [2.45, 2.75) is 11.3 Å². The molecular formula is C18H14ClN3O2S2. The Kier molecular flexibility index (Phi) is 6.03. The Balaban J connectivity index is 1.57. The number of nitrogens with one attached hydrogen (secondary N) is 1. The standard InChI is InChI=1S/C18H14ClN3O2S2/c1-11-3-2-4-13(9-11)16(24)20-17-21-22-18(26-17)25-10-15(23)12-5-7-14(19)8-6-12/h2-9H,10H2,1H3,(H,20,21,24). The maximum atomic E-state index is 12.2. The summed E-state index contributed by atoms with van der Waals surface area (Å²) in [7, 11) is 0. The molecule has 1 heterocycles. The van der Waals surface area contributed by atoms with Crippen LogP contribution in [-0.2, 0) is 0 Å². The van der Waals surface area contributed by atoms with Crippen LogP contribution < -0.4 is 5.32 Å². The molecule has 0 radical (unpaired) electrons. The number of carbonyl (C=O) groups excluding carboxylic acids is 2. The maximum Gasteiger partial charge on any atom is 0.257 e. The van der Waals surface area contributed by atoms with Crippen molar-refractivity contribution in [2.24, 2.45) is 0 Å². The minimum absolute atomic E-state index is 0.0211. The Hall–Kier alpha value is -2.22. The van der Waals surface area contributed by atoms with Crippen molar-refractivity contribution in [1.29, 1.82) is 0 Å². The molecule has 5 nitrogen and oxygen atoms in total. The normalized spacial score (nSPS) is 10.5. The van der Waals surface area contributed by atoms with Crippen LogP contribution in [0.3, 0.4) is 0 Å². The fraction of sp³-hybridized carbons (Fsp3) is 0.111. The topological polar surface area (TPSA) is 72.0 Å². The third kappa shape index (κ3) is 4.91. The van der Waals surface area contributed by atoms with E-state index in [9.17, 15) is 9.59 Å². The lowest BCUT2D eigenvalue weighted by Gasteiger charge is -2.01. The highest BCUT2D eigenvalue weighted by molar-refractivity contribution is 8.01. The number of halogens is 1. The van der Waals surface area contributed by atoms with Gasteiger partial charge >= 0.3 is 0 Å². The molecule has 0 atom stereocenters. The lowest BCUT2D eigenvalue weighted by atomic mass is 10.1. The van der Waals surface area contributed by atoms with Crippen LogP contribution in [-0.4, -0.2) is 27.6 Å². The second-order valence-electron chi connectivity index (χ2n) is 5.42. The number of carbonyl (C=O) groups is 2. The lowest BCUT2D eigenvalue weighted by molar-refractivity contribution is 0.101. The van der Waals surface area contributed by atoms with Crippen LogP contribution in [0.5, 0.6) is 0 Å². The van der Waals surface area contributed by atoms with Crippen LogP contribution >= 0.6 is 34.7 Å². The molecule has 1 aromatic heterocycles. The first-order valence-electron chi connectivity index (χ1n) is 7.64. The number of Topliss-reactive ketones (excluding diaryl/α,β-unsaturated/α-hetero) is 1. The van der Waals surface area contributed by atoms with Gasteiger partial charge in [0.25, 0.3) is 5.91 Å². The van der Waals surface area contributed by atoms with Gasteiger partial charge in [-0.05, 0) is 43.3 Å². The lowest BCUT2D eigenvalue weighted by Crippen LogP contribution is -2.11. The zero-order chi connectivity index (χ0) is 18.5. The minimum atomic E-state index is -0.237. The number of thioether (sulfide) groups is 1. The highest BCUT2D eigenvalue weighted by atomic mass is 35.5. The Morgan fingerprint density at radius 3 is 2.62 bits per heavy atom. The molecule has 0 aliphatic carbocycles. The third-order valence-electron chi connectivity index (χ3n) is 3.40. The number of amides is 1. The van der Waals surface area contributed by atoms with E-state index in [1.807, 2.05) is 19.1 Å². The minimum Gasteiger partial charge on any atom is -0.296 e. The van der Waals surface area contributed by atoms with E-state index in [1.54, 1.807) is 36.4 Å². The molecule has 3 rings (SSSR count). The second kappa shape index (κ2) is 8.44. The SMILES string of the molecule is Cc1cccc(C(=O)Nc2nnc(SCC(=O)c3ccc(Cl)cc3)s2)c1. The second-order valence-corrected chi connectivity index (χ2v) is 8.05. The van der Waals surface area contributed by atoms with E-state index in [4.69, 9.17) is 11.6 Å². The molecule has 0 spiro atoms. The van der Waals surface area contributed by atoms with Crippen molar-refractivity contribution < 1.29 is 9.59 Å². The van der Waals surface area contributed by atoms with Crippen molar-refractivity contribution in [2.75, 3.05) is 11.1 Å². The van der Waals surface area contributed by atoms with Crippen LogP contribution in [0.1, 0.15) is 26.3 Å². The van der Waals surface area contributed by atoms with Gasteiger partial charge in [-0.2, -0.15) is 0 Å². The molecule has 132 valence electrons. The number of anilines is 1. The van der Waals surface area contributed by atoms with E-state index in [0.717, 1.165) is 5.56 Å². The Morgan fingerprint density at radius 2 is 1.88 bits per heavy atom. The molecule has 2 aromatic carbocycles. The van der Waals surface area contributed by atoms with Crippen LogP contribution in [0.25, 0.3) is 0 Å². The number of hydrogen-bond acceptors (Lipinski definition) is 6. The number of nitrogens with zero attached hydrogens (tertiary/aromatic N) is 2. The summed E-state index contributed by atoms with van der Waals surface area (Å²) >= 11 is 8.34. The van der Waals surface area contributed by atoms with Gasteiger partial charge in [0.2, 0.25) is 5.13 Å². The summed E-state index contributed by atoms with van der Waals surface area (Å²) in [5.41, 5.74) is 2.17. The molecule has 3 aromatic rings. The molecule has 8 heteroatoms. The van der Waals surface area contributed by atoms with Crippen molar-refractivity contribution in [3.8, 4) is 0 Å². The smallest absolute Gasteiger partial charge is 0.257 e. The van der Waals surface area contributed by atoms with Gasteiger partial charge in [-0.1, -0.05) is 52.4 Å². The molecular weight excluding hydrogens is 390 g/mol. The highest BCUT2D eigenvalue weighted by Crippen LogP contribution is 2.26. The molecule has 0 bridgehead atoms. The molecule has 1 N–H and O–H groups in total. The number of benzene rings is 2. The first-order chi connectivity index (χ1) is 12.5. The summed E-state index contributed by atoms with van der Waals surface area (Å²) < 4.78 is 0.617. The number of hydrogen-bond donors (Lipinski definition) is 1. The first-order valence-corrected chi connectivity index (χ1v) is 9.82. The largest absolute Gasteiger partial charge is 0.296 e. The molecule has 26 heavy (non-hydrogen) atoms. The van der Waals surface area contributed by atoms with E-state index in [0.29, 0.717) is 25.6 Å². The average molecular weight is 404 g/mol. The number of aryl methyl sites for hydroxylation is 1. The number of rotatable bonds is 6. The average Bonchev–Trinajstić information content (AvgIpc) is 3.07. The molecule has 0 aliphatic rings. The monoisotopic (exact) mass is 403 g/mol. The summed E-state index contributed by atoms with van der Waals surface area (Å²) in [6.07, 6.45) is 0. The van der Waals surface area contributed by atoms with Gasteiger partial charge in [0.05, 0.1) is 5.75 Å². The van der Waals surface area contributed by atoms with Crippen molar-refractivity contribution in [1.82, 2.24) is 10.2 Å². The van der Waals surface area contributed by atoms with E-state index in [2.05, 4.69) is 15.5 Å². The summed E-state index contributed by atoms with van der Waals surface area (Å²) in [6.45, 7) is 1.92.